The first-order chi connectivity index (χ1) is 18.1. The van der Waals surface area contributed by atoms with Crippen LogP contribution < -0.4 is 20.1 Å². The van der Waals surface area contributed by atoms with Crippen molar-refractivity contribution < 1.29 is 24.0 Å². The minimum absolute atomic E-state index is 0.0892. The lowest BCUT2D eigenvalue weighted by molar-refractivity contribution is -0.384. The zero-order valence-corrected chi connectivity index (χ0v) is 21.5. The summed E-state index contributed by atoms with van der Waals surface area (Å²) < 4.78 is 10.9. The number of halogens is 1. The zero-order chi connectivity index (χ0) is 27.8. The fourth-order valence-electron chi connectivity index (χ4n) is 3.45. The van der Waals surface area contributed by atoms with Crippen molar-refractivity contribution in [3.63, 3.8) is 0 Å². The molecule has 2 N–H and O–H groups in total. The first kappa shape index (κ1) is 27.7. The van der Waals surface area contributed by atoms with Gasteiger partial charge < -0.3 is 20.1 Å². The van der Waals surface area contributed by atoms with Crippen LogP contribution in [0.15, 0.2) is 60.2 Å². The van der Waals surface area contributed by atoms with Crippen molar-refractivity contribution in [1.82, 2.24) is 0 Å². The van der Waals surface area contributed by atoms with E-state index in [9.17, 15) is 25.0 Å². The van der Waals surface area contributed by atoms with Crippen LogP contribution in [0.2, 0.25) is 5.02 Å². The van der Waals surface area contributed by atoms with Crippen LogP contribution in [-0.4, -0.2) is 30.5 Å². The van der Waals surface area contributed by atoms with Gasteiger partial charge in [0.25, 0.3) is 17.5 Å². The van der Waals surface area contributed by atoms with Crippen LogP contribution in [0.25, 0.3) is 6.08 Å². The van der Waals surface area contributed by atoms with Crippen molar-refractivity contribution in [3.05, 3.63) is 92.0 Å². The highest BCUT2D eigenvalue weighted by Crippen LogP contribution is 2.37. The smallest absolute Gasteiger partial charge is 0.271 e. The summed E-state index contributed by atoms with van der Waals surface area (Å²) in [5, 5.41) is 25.8. The van der Waals surface area contributed by atoms with Crippen molar-refractivity contribution >= 4 is 46.6 Å². The van der Waals surface area contributed by atoms with Crippen LogP contribution in [0, 0.1) is 35.3 Å². The number of carbonyl (C=O) groups is 2. The molecule has 3 aromatic rings. The van der Waals surface area contributed by atoms with Crippen LogP contribution in [0.5, 0.6) is 11.5 Å². The molecule has 0 aliphatic rings. The molecule has 0 saturated carbocycles. The summed E-state index contributed by atoms with van der Waals surface area (Å²) in [4.78, 5) is 35.4. The van der Waals surface area contributed by atoms with Crippen molar-refractivity contribution in [1.29, 1.82) is 5.26 Å². The van der Waals surface area contributed by atoms with E-state index in [1.165, 1.54) is 49.6 Å². The van der Waals surface area contributed by atoms with Gasteiger partial charge in [-0.3, -0.25) is 19.7 Å². The molecule has 0 aromatic heterocycles. The largest absolute Gasteiger partial charge is 0.493 e. The number of benzene rings is 3. The van der Waals surface area contributed by atoms with Gasteiger partial charge in [-0.15, -0.1) is 0 Å². The number of nitro groups is 1. The summed E-state index contributed by atoms with van der Waals surface area (Å²) in [6.45, 7) is 3.50. The summed E-state index contributed by atoms with van der Waals surface area (Å²) >= 11 is 6.37. The Labute approximate surface area is 223 Å². The van der Waals surface area contributed by atoms with Gasteiger partial charge in [-0.1, -0.05) is 35.4 Å². The van der Waals surface area contributed by atoms with E-state index in [-0.39, 0.29) is 40.1 Å². The third-order valence-corrected chi connectivity index (χ3v) is 5.53. The highest BCUT2D eigenvalue weighted by Gasteiger charge is 2.16. The second-order valence-corrected chi connectivity index (χ2v) is 8.53. The van der Waals surface area contributed by atoms with Gasteiger partial charge in [0.1, 0.15) is 11.6 Å². The second-order valence-electron chi connectivity index (χ2n) is 8.12. The molecular weight excluding hydrogens is 512 g/mol. The molecule has 2 amide bonds. The molecule has 38 heavy (non-hydrogen) atoms. The molecule has 0 radical (unpaired) electrons. The number of methoxy groups -OCH3 is 1. The molecule has 10 nitrogen and oxygen atoms in total. The maximum absolute atomic E-state index is 12.6. The van der Waals surface area contributed by atoms with Crippen molar-refractivity contribution in [2.45, 2.75) is 13.8 Å². The maximum atomic E-state index is 12.6. The van der Waals surface area contributed by atoms with Crippen LogP contribution in [0.1, 0.15) is 16.7 Å². The highest BCUT2D eigenvalue weighted by molar-refractivity contribution is 6.32. The van der Waals surface area contributed by atoms with Crippen molar-refractivity contribution in [2.24, 2.45) is 0 Å². The molecular formula is C27H23ClN4O6. The van der Waals surface area contributed by atoms with Gasteiger partial charge in [0.05, 0.1) is 17.1 Å². The van der Waals surface area contributed by atoms with E-state index in [4.69, 9.17) is 21.1 Å². The van der Waals surface area contributed by atoms with Crippen LogP contribution in [-0.2, 0) is 9.59 Å². The second kappa shape index (κ2) is 12.4. The molecule has 3 rings (SSSR count). The Balaban J connectivity index is 1.75. The quantitative estimate of drug-likeness (QED) is 0.161. The lowest BCUT2D eigenvalue weighted by Crippen LogP contribution is -2.21. The predicted octanol–water partition coefficient (Wildman–Crippen LogP) is 5.44. The molecule has 0 aliphatic carbocycles. The van der Waals surface area contributed by atoms with E-state index in [2.05, 4.69) is 10.6 Å². The van der Waals surface area contributed by atoms with Gasteiger partial charge in [0.15, 0.2) is 18.1 Å². The number of amides is 2. The third-order valence-electron chi connectivity index (χ3n) is 5.25. The lowest BCUT2D eigenvalue weighted by Gasteiger charge is -2.14. The van der Waals surface area contributed by atoms with Crippen LogP contribution in [0.3, 0.4) is 0 Å². The molecule has 0 aliphatic heterocycles. The van der Waals surface area contributed by atoms with E-state index >= 15 is 0 Å². The Morgan fingerprint density at radius 3 is 2.55 bits per heavy atom. The van der Waals surface area contributed by atoms with Crippen LogP contribution in [0.4, 0.5) is 17.1 Å². The average Bonchev–Trinajstić information content (AvgIpc) is 2.88. The number of aryl methyl sites for hydroxylation is 2. The molecule has 0 spiro atoms. The van der Waals surface area contributed by atoms with Gasteiger partial charge in [-0.25, -0.2) is 0 Å². The Hall–Kier alpha value is -4.88. The molecule has 0 atom stereocenters. The number of hydrogen-bond donors (Lipinski definition) is 2. The molecule has 0 heterocycles. The Morgan fingerprint density at radius 2 is 1.89 bits per heavy atom. The third kappa shape index (κ3) is 7.09. The summed E-state index contributed by atoms with van der Waals surface area (Å²) in [6, 6.07) is 15.7. The minimum Gasteiger partial charge on any atom is -0.493 e. The van der Waals surface area contributed by atoms with E-state index < -0.39 is 16.7 Å². The Bertz CT molecular complexity index is 1480. The monoisotopic (exact) mass is 534 g/mol. The average molecular weight is 535 g/mol. The van der Waals surface area contributed by atoms with E-state index in [1.807, 2.05) is 26.0 Å². The van der Waals surface area contributed by atoms with Crippen LogP contribution >= 0.6 is 11.6 Å². The molecule has 0 bridgehead atoms. The number of nitrogens with zero attached hydrogens (tertiary/aromatic N) is 2. The number of hydrogen-bond acceptors (Lipinski definition) is 7. The molecule has 0 saturated heterocycles. The fraction of sp³-hybridized carbons (Fsp3) is 0.148. The first-order valence-corrected chi connectivity index (χ1v) is 11.5. The molecule has 194 valence electrons. The van der Waals surface area contributed by atoms with Gasteiger partial charge in [0, 0.05) is 23.5 Å². The van der Waals surface area contributed by atoms with Gasteiger partial charge in [0.2, 0.25) is 0 Å². The topological polar surface area (TPSA) is 144 Å². The number of ether oxygens (including phenoxy) is 2. The predicted molar refractivity (Wildman–Crippen MR) is 143 cm³/mol. The van der Waals surface area contributed by atoms with Crippen molar-refractivity contribution in [3.8, 4) is 17.6 Å². The highest BCUT2D eigenvalue weighted by atomic mass is 35.5. The fourth-order valence-corrected chi connectivity index (χ4v) is 3.73. The maximum Gasteiger partial charge on any atom is 0.271 e. The standard InChI is InChI=1S/C27H23ClN4O6/c1-16-7-8-23(17(2)9-16)31-25(33)15-38-26-22(28)11-18(12-24(26)37-3)10-19(14-29)27(34)30-20-5-4-6-21(13-20)32(35)36/h4-13H,15H2,1-3H3,(H,30,34)(H,31,33)/b19-10-. The first-order valence-electron chi connectivity index (χ1n) is 11.2. The van der Waals surface area contributed by atoms with E-state index in [0.29, 0.717) is 11.3 Å². The number of nitrogens with one attached hydrogen (secondary N) is 2. The molecule has 0 fully saturated rings. The van der Waals surface area contributed by atoms with E-state index in [1.54, 1.807) is 12.1 Å². The molecule has 0 unspecified atom stereocenters. The Morgan fingerprint density at radius 1 is 1.13 bits per heavy atom. The van der Waals surface area contributed by atoms with Gasteiger partial charge in [-0.2, -0.15) is 5.26 Å². The lowest BCUT2D eigenvalue weighted by atomic mass is 10.1. The molecule has 3 aromatic carbocycles. The summed E-state index contributed by atoms with van der Waals surface area (Å²) in [5.74, 6) is -0.879. The SMILES string of the molecule is COc1cc(/C=C(/C#N)C(=O)Nc2cccc([N+](=O)[O-])c2)cc(Cl)c1OCC(=O)Nc1ccc(C)cc1C. The number of nitriles is 1. The van der Waals surface area contributed by atoms with Crippen molar-refractivity contribution in [2.75, 3.05) is 24.4 Å². The number of rotatable bonds is 9. The number of nitro benzene ring substituents is 1. The number of non-ortho nitro benzene ring substituents is 1. The zero-order valence-electron chi connectivity index (χ0n) is 20.7. The number of carbonyl (C=O) groups excluding carboxylic acids is 2. The van der Waals surface area contributed by atoms with Gasteiger partial charge in [-0.05, 0) is 55.3 Å². The van der Waals surface area contributed by atoms with E-state index in [0.717, 1.165) is 11.1 Å². The number of anilines is 2. The summed E-state index contributed by atoms with van der Waals surface area (Å²) in [6.07, 6.45) is 1.28. The minimum atomic E-state index is -0.772. The Kier molecular flexibility index (Phi) is 9.03. The van der Waals surface area contributed by atoms with Gasteiger partial charge >= 0.3 is 0 Å². The summed E-state index contributed by atoms with van der Waals surface area (Å²) in [5.41, 5.74) is 2.66. The normalized spacial score (nSPS) is 10.8. The molecule has 11 heteroatoms. The summed E-state index contributed by atoms with van der Waals surface area (Å²) in [7, 11) is 1.38.